The molecule has 0 nitrogen and oxygen atoms in total. The van der Waals surface area contributed by atoms with Gasteiger partial charge in [0.1, 0.15) is 0 Å². The summed E-state index contributed by atoms with van der Waals surface area (Å²) in [5, 5.41) is 0. The Bertz CT molecular complexity index is 258. The summed E-state index contributed by atoms with van der Waals surface area (Å²) in [4.78, 5) is 0. The summed E-state index contributed by atoms with van der Waals surface area (Å²) >= 11 is 0. The Kier molecular flexibility index (Phi) is 1.34. The van der Waals surface area contributed by atoms with Gasteiger partial charge in [-0.1, -0.05) is 12.2 Å². The van der Waals surface area contributed by atoms with E-state index in [1.54, 1.807) is 0 Å². The van der Waals surface area contributed by atoms with Crippen molar-refractivity contribution in [2.45, 2.75) is 19.3 Å². The number of rotatable bonds is 0. The monoisotopic (exact) mass is 130 g/mol. The Hall–Kier alpha value is -1.00. The highest BCUT2D eigenvalue weighted by Crippen LogP contribution is 2.24. The fraction of sp³-hybridized carbons (Fsp3) is 0.300. The molecule has 0 amide bonds. The fourth-order valence-corrected chi connectivity index (χ4v) is 1.43. The molecule has 0 aliphatic heterocycles. The minimum Gasteiger partial charge on any atom is -0.125 e. The molecule has 2 rings (SSSR count). The van der Waals surface area contributed by atoms with Crippen LogP contribution < -0.4 is 0 Å². The van der Waals surface area contributed by atoms with Crippen LogP contribution in [0.4, 0.5) is 0 Å². The van der Waals surface area contributed by atoms with Crippen molar-refractivity contribution in [2.24, 2.45) is 0 Å². The van der Waals surface area contributed by atoms with Crippen molar-refractivity contribution >= 4 is 0 Å². The van der Waals surface area contributed by atoms with Crippen molar-refractivity contribution in [3.05, 3.63) is 41.2 Å². The quantitative estimate of drug-likeness (QED) is 0.442. The van der Waals surface area contributed by atoms with E-state index in [2.05, 4.69) is 30.0 Å². The summed E-state index contributed by atoms with van der Waals surface area (Å²) < 4.78 is 0. The first-order valence-electron chi connectivity index (χ1n) is 3.76. The molecule has 0 fully saturated rings. The van der Waals surface area contributed by atoms with E-state index >= 15 is 0 Å². The average Bonchev–Trinajstić information content (AvgIpc) is 2.59. The topological polar surface area (TPSA) is 0 Å². The maximum Gasteiger partial charge on any atom is -0.00124 e. The van der Waals surface area contributed by atoms with Gasteiger partial charge in [-0.15, -0.1) is 5.73 Å². The van der Waals surface area contributed by atoms with Crippen LogP contribution in [0.15, 0.2) is 41.2 Å². The van der Waals surface area contributed by atoms with Crippen molar-refractivity contribution in [2.75, 3.05) is 0 Å². The predicted octanol–water partition coefficient (Wildman–Crippen LogP) is 2.75. The van der Waals surface area contributed by atoms with Crippen LogP contribution in [-0.4, -0.2) is 0 Å². The normalized spacial score (nSPS) is 28.8. The van der Waals surface area contributed by atoms with Gasteiger partial charge in [-0.05, 0) is 42.6 Å². The summed E-state index contributed by atoms with van der Waals surface area (Å²) in [6.45, 7) is 0. The summed E-state index contributed by atoms with van der Waals surface area (Å²) in [6.07, 6.45) is 12.2. The van der Waals surface area contributed by atoms with Gasteiger partial charge in [-0.25, -0.2) is 0 Å². The molecule has 0 heterocycles. The first-order valence-corrected chi connectivity index (χ1v) is 3.76. The van der Waals surface area contributed by atoms with E-state index in [0.717, 1.165) is 6.42 Å². The number of hydrogen-bond donors (Lipinski definition) is 0. The number of allylic oxidation sites excluding steroid dienone is 5. The Morgan fingerprint density at radius 1 is 1.30 bits per heavy atom. The molecule has 0 N–H and O–H groups in total. The fourth-order valence-electron chi connectivity index (χ4n) is 1.43. The van der Waals surface area contributed by atoms with E-state index in [9.17, 15) is 0 Å². The molecule has 0 aromatic rings. The highest BCUT2D eigenvalue weighted by atomic mass is 14.1. The van der Waals surface area contributed by atoms with Crippen molar-refractivity contribution in [3.8, 4) is 0 Å². The van der Waals surface area contributed by atoms with Gasteiger partial charge in [-0.3, -0.25) is 0 Å². The van der Waals surface area contributed by atoms with Crippen LogP contribution >= 0.6 is 0 Å². The molecule has 0 bridgehead atoms. The Morgan fingerprint density at radius 2 is 2.30 bits per heavy atom. The Morgan fingerprint density at radius 3 is 2.90 bits per heavy atom. The summed E-state index contributed by atoms with van der Waals surface area (Å²) in [5.41, 5.74) is 6.09. The van der Waals surface area contributed by atoms with Crippen LogP contribution in [0.25, 0.3) is 0 Å². The molecule has 0 aromatic carbocycles. The second-order valence-electron chi connectivity index (χ2n) is 2.71. The van der Waals surface area contributed by atoms with Gasteiger partial charge in [-0.2, -0.15) is 0 Å². The maximum absolute atomic E-state index is 3.11. The minimum absolute atomic E-state index is 1.10. The Balaban J connectivity index is 2.29. The summed E-state index contributed by atoms with van der Waals surface area (Å²) in [5.74, 6) is 0. The molecular weight excluding hydrogens is 120 g/mol. The highest BCUT2D eigenvalue weighted by Gasteiger charge is 2.05. The summed E-state index contributed by atoms with van der Waals surface area (Å²) in [6, 6.07) is 0. The zero-order chi connectivity index (χ0) is 6.81. The molecule has 0 saturated carbocycles. The molecule has 10 heavy (non-hydrogen) atoms. The van der Waals surface area contributed by atoms with Gasteiger partial charge in [0.25, 0.3) is 0 Å². The molecule has 50 valence electrons. The molecule has 2 aliphatic rings. The third-order valence-corrected chi connectivity index (χ3v) is 2.01. The summed E-state index contributed by atoms with van der Waals surface area (Å²) in [7, 11) is 0. The first-order chi connectivity index (χ1) is 4.97. The average molecular weight is 130 g/mol. The molecule has 0 heteroatoms. The molecule has 0 radical (unpaired) electrons. The van der Waals surface area contributed by atoms with E-state index in [1.165, 1.54) is 24.0 Å². The molecule has 0 spiro atoms. The lowest BCUT2D eigenvalue weighted by Crippen LogP contribution is -1.78. The maximum atomic E-state index is 3.11. The predicted molar refractivity (Wildman–Crippen MR) is 42.7 cm³/mol. The zero-order valence-corrected chi connectivity index (χ0v) is 5.93. The lowest BCUT2D eigenvalue weighted by atomic mass is 10.1. The van der Waals surface area contributed by atoms with Gasteiger partial charge in [0.05, 0.1) is 0 Å². The lowest BCUT2D eigenvalue weighted by molar-refractivity contribution is 1.04. The van der Waals surface area contributed by atoms with E-state index in [4.69, 9.17) is 0 Å². The van der Waals surface area contributed by atoms with Gasteiger partial charge < -0.3 is 0 Å². The minimum atomic E-state index is 1.10. The van der Waals surface area contributed by atoms with Crippen molar-refractivity contribution < 1.29 is 0 Å². The third-order valence-electron chi connectivity index (χ3n) is 2.01. The van der Waals surface area contributed by atoms with E-state index in [0.29, 0.717) is 0 Å². The van der Waals surface area contributed by atoms with Gasteiger partial charge >= 0.3 is 0 Å². The van der Waals surface area contributed by atoms with Gasteiger partial charge in [0.15, 0.2) is 0 Å². The third kappa shape index (κ3) is 0.872. The van der Waals surface area contributed by atoms with Crippen LogP contribution in [0, 0.1) is 0 Å². The van der Waals surface area contributed by atoms with Crippen LogP contribution in [-0.2, 0) is 0 Å². The second-order valence-corrected chi connectivity index (χ2v) is 2.71. The molecule has 0 atom stereocenters. The molecule has 2 aliphatic carbocycles. The highest BCUT2D eigenvalue weighted by molar-refractivity contribution is 5.39. The van der Waals surface area contributed by atoms with Crippen molar-refractivity contribution in [1.82, 2.24) is 0 Å². The number of hydrogen-bond acceptors (Lipinski definition) is 0. The van der Waals surface area contributed by atoms with Crippen molar-refractivity contribution in [1.29, 1.82) is 0 Å². The Labute approximate surface area is 61.3 Å². The zero-order valence-electron chi connectivity index (χ0n) is 5.93. The van der Waals surface area contributed by atoms with E-state index in [-0.39, 0.29) is 0 Å². The second kappa shape index (κ2) is 2.32. The molecule has 0 aromatic heterocycles. The van der Waals surface area contributed by atoms with Crippen LogP contribution in [0.2, 0.25) is 0 Å². The van der Waals surface area contributed by atoms with Crippen LogP contribution in [0.3, 0.4) is 0 Å². The van der Waals surface area contributed by atoms with Crippen LogP contribution in [0.1, 0.15) is 19.3 Å². The largest absolute Gasteiger partial charge is 0.125 e. The van der Waals surface area contributed by atoms with Gasteiger partial charge in [0.2, 0.25) is 0 Å². The van der Waals surface area contributed by atoms with Crippen LogP contribution in [0.5, 0.6) is 0 Å². The molecule has 0 unspecified atom stereocenters. The SMILES string of the molecule is C1=CC/C(=C2/C=CCC2)C=1. The smallest absolute Gasteiger partial charge is 0.00124 e. The first kappa shape index (κ1) is 5.76. The van der Waals surface area contributed by atoms with Gasteiger partial charge in [0, 0.05) is 0 Å². The standard InChI is InChI=1S/C10H10/c1-2-6-9(5-1)10-7-3-4-8-10/h1,3,5,8H,2,6-7H2/b10-9+. The molecular formula is C10H10. The lowest BCUT2D eigenvalue weighted by Gasteiger charge is -1.96. The van der Waals surface area contributed by atoms with E-state index < -0.39 is 0 Å². The van der Waals surface area contributed by atoms with E-state index in [1.807, 2.05) is 0 Å². The molecule has 0 saturated heterocycles. The van der Waals surface area contributed by atoms with Crippen molar-refractivity contribution in [3.63, 3.8) is 0 Å².